The number of rotatable bonds is 10. The van der Waals surface area contributed by atoms with Gasteiger partial charge in [-0.25, -0.2) is 12.7 Å². The highest BCUT2D eigenvalue weighted by atomic mass is 32.2. The highest BCUT2D eigenvalue weighted by Crippen LogP contribution is 2.18. The molecule has 0 heterocycles. The topological polar surface area (TPSA) is 69.7 Å². The Balaban J connectivity index is 1.69. The fourth-order valence-electron chi connectivity index (χ4n) is 3.40. The van der Waals surface area contributed by atoms with E-state index in [9.17, 15) is 13.2 Å². The molecular formula is C25H29N3O3S. The number of nitrogens with zero attached hydrogens (tertiary/aromatic N) is 2. The second-order valence-corrected chi connectivity index (χ2v) is 9.91. The van der Waals surface area contributed by atoms with Crippen molar-refractivity contribution in [1.29, 1.82) is 0 Å². The van der Waals surface area contributed by atoms with Gasteiger partial charge in [0.2, 0.25) is 15.9 Å². The zero-order chi connectivity index (χ0) is 23.0. The van der Waals surface area contributed by atoms with Crippen molar-refractivity contribution in [2.24, 2.45) is 0 Å². The summed E-state index contributed by atoms with van der Waals surface area (Å²) in [6.07, 6.45) is 0. The summed E-state index contributed by atoms with van der Waals surface area (Å²) in [5.41, 5.74) is 2.81. The van der Waals surface area contributed by atoms with Gasteiger partial charge < -0.3 is 5.32 Å². The zero-order valence-corrected chi connectivity index (χ0v) is 19.3. The molecule has 32 heavy (non-hydrogen) atoms. The Labute approximate surface area is 190 Å². The van der Waals surface area contributed by atoms with E-state index in [1.54, 1.807) is 24.3 Å². The van der Waals surface area contributed by atoms with Crippen molar-refractivity contribution < 1.29 is 13.2 Å². The van der Waals surface area contributed by atoms with E-state index in [2.05, 4.69) is 10.2 Å². The molecule has 168 valence electrons. The Morgan fingerprint density at radius 2 is 1.28 bits per heavy atom. The third-order valence-corrected chi connectivity index (χ3v) is 6.99. The van der Waals surface area contributed by atoms with Crippen LogP contribution in [0.25, 0.3) is 0 Å². The van der Waals surface area contributed by atoms with Crippen LogP contribution < -0.4 is 5.32 Å². The second-order valence-electron chi connectivity index (χ2n) is 7.79. The van der Waals surface area contributed by atoms with E-state index >= 15 is 0 Å². The molecule has 0 atom stereocenters. The predicted octanol–water partition coefficient (Wildman–Crippen LogP) is 3.26. The Kier molecular flexibility index (Phi) is 8.16. The standard InChI is InChI=1S/C25H29N3O3S/c1-27(2)32(30,31)24-16-10-9-15-23(24)17-26-25(29)20-28(18-21-11-5-3-6-12-21)19-22-13-7-4-8-14-22/h3-16H,17-20H2,1-2H3,(H,26,29). The van der Waals surface area contributed by atoms with Crippen LogP contribution in [0.3, 0.4) is 0 Å². The Morgan fingerprint density at radius 1 is 0.781 bits per heavy atom. The van der Waals surface area contributed by atoms with Crippen LogP contribution in [-0.4, -0.2) is 44.2 Å². The molecule has 0 saturated carbocycles. The molecular weight excluding hydrogens is 422 g/mol. The maximum atomic E-state index is 12.8. The van der Waals surface area contributed by atoms with Crippen molar-refractivity contribution in [1.82, 2.24) is 14.5 Å². The SMILES string of the molecule is CN(C)S(=O)(=O)c1ccccc1CNC(=O)CN(Cc1ccccc1)Cc1ccccc1. The maximum absolute atomic E-state index is 12.8. The monoisotopic (exact) mass is 451 g/mol. The smallest absolute Gasteiger partial charge is 0.242 e. The molecule has 3 aromatic rings. The summed E-state index contributed by atoms with van der Waals surface area (Å²) in [6, 6.07) is 26.8. The van der Waals surface area contributed by atoms with Crippen LogP contribution in [-0.2, 0) is 34.5 Å². The molecule has 0 radical (unpaired) electrons. The van der Waals surface area contributed by atoms with Crippen molar-refractivity contribution >= 4 is 15.9 Å². The summed E-state index contributed by atoms with van der Waals surface area (Å²) < 4.78 is 26.3. The van der Waals surface area contributed by atoms with Crippen LogP contribution in [0, 0.1) is 0 Å². The normalized spacial score (nSPS) is 11.6. The molecule has 0 aliphatic heterocycles. The number of amides is 1. The van der Waals surface area contributed by atoms with E-state index in [4.69, 9.17) is 0 Å². The van der Waals surface area contributed by atoms with Crippen LogP contribution >= 0.6 is 0 Å². The number of hydrogen-bond donors (Lipinski definition) is 1. The minimum atomic E-state index is -3.59. The third kappa shape index (κ3) is 6.50. The average molecular weight is 452 g/mol. The van der Waals surface area contributed by atoms with E-state index in [0.29, 0.717) is 18.7 Å². The molecule has 1 N–H and O–H groups in total. The Bertz CT molecular complexity index is 1080. The number of benzene rings is 3. The van der Waals surface area contributed by atoms with Gasteiger partial charge in [0.15, 0.2) is 0 Å². The summed E-state index contributed by atoms with van der Waals surface area (Å²) >= 11 is 0. The van der Waals surface area contributed by atoms with Gasteiger partial charge in [0.25, 0.3) is 0 Å². The molecule has 0 aliphatic carbocycles. The molecule has 1 amide bonds. The van der Waals surface area contributed by atoms with Crippen molar-refractivity contribution in [3.05, 3.63) is 102 Å². The first-order chi connectivity index (χ1) is 15.4. The molecule has 6 nitrogen and oxygen atoms in total. The fraction of sp³-hybridized carbons (Fsp3) is 0.240. The van der Waals surface area contributed by atoms with E-state index in [1.165, 1.54) is 18.4 Å². The fourth-order valence-corrected chi connectivity index (χ4v) is 4.52. The lowest BCUT2D eigenvalue weighted by atomic mass is 10.1. The summed E-state index contributed by atoms with van der Waals surface area (Å²) in [5.74, 6) is -0.158. The summed E-state index contributed by atoms with van der Waals surface area (Å²) in [7, 11) is -0.597. The molecule has 3 rings (SSSR count). The predicted molar refractivity (Wildman–Crippen MR) is 126 cm³/mol. The van der Waals surface area contributed by atoms with Crippen LogP contribution in [0.4, 0.5) is 0 Å². The van der Waals surface area contributed by atoms with Crippen molar-refractivity contribution in [2.45, 2.75) is 24.5 Å². The first kappa shape index (κ1) is 23.7. The minimum Gasteiger partial charge on any atom is -0.351 e. The Morgan fingerprint density at radius 3 is 1.81 bits per heavy atom. The van der Waals surface area contributed by atoms with E-state index in [0.717, 1.165) is 11.1 Å². The summed E-state index contributed by atoms with van der Waals surface area (Å²) in [5, 5.41) is 2.89. The second kappa shape index (κ2) is 11.0. The summed E-state index contributed by atoms with van der Waals surface area (Å²) in [4.78, 5) is 15.1. The molecule has 0 unspecified atom stereocenters. The molecule has 0 aromatic heterocycles. The highest BCUT2D eigenvalue weighted by molar-refractivity contribution is 7.89. The highest BCUT2D eigenvalue weighted by Gasteiger charge is 2.21. The van der Waals surface area contributed by atoms with Crippen molar-refractivity contribution in [3.8, 4) is 0 Å². The van der Waals surface area contributed by atoms with Gasteiger partial charge >= 0.3 is 0 Å². The average Bonchev–Trinajstić information content (AvgIpc) is 2.79. The Hall–Kier alpha value is -3.00. The van der Waals surface area contributed by atoms with Gasteiger partial charge in [0.05, 0.1) is 11.4 Å². The molecule has 0 aliphatic rings. The van der Waals surface area contributed by atoms with Gasteiger partial charge in [-0.3, -0.25) is 9.69 Å². The number of sulfonamides is 1. The zero-order valence-electron chi connectivity index (χ0n) is 18.4. The lowest BCUT2D eigenvalue weighted by molar-refractivity contribution is -0.122. The van der Waals surface area contributed by atoms with Gasteiger partial charge in [-0.2, -0.15) is 0 Å². The molecule has 0 spiro atoms. The van der Waals surface area contributed by atoms with Gasteiger partial charge in [-0.1, -0.05) is 78.9 Å². The van der Waals surface area contributed by atoms with Gasteiger partial charge in [0.1, 0.15) is 0 Å². The maximum Gasteiger partial charge on any atom is 0.242 e. The first-order valence-corrected chi connectivity index (χ1v) is 11.9. The van der Waals surface area contributed by atoms with E-state index in [1.807, 2.05) is 60.7 Å². The van der Waals surface area contributed by atoms with Crippen molar-refractivity contribution in [2.75, 3.05) is 20.6 Å². The minimum absolute atomic E-state index is 0.145. The largest absolute Gasteiger partial charge is 0.351 e. The first-order valence-electron chi connectivity index (χ1n) is 10.4. The number of hydrogen-bond acceptors (Lipinski definition) is 4. The van der Waals surface area contributed by atoms with Crippen LogP contribution in [0.1, 0.15) is 16.7 Å². The molecule has 0 bridgehead atoms. The van der Waals surface area contributed by atoms with Crippen LogP contribution in [0.15, 0.2) is 89.8 Å². The molecule has 7 heteroatoms. The number of nitrogens with one attached hydrogen (secondary N) is 1. The number of carbonyl (C=O) groups excluding carboxylic acids is 1. The lowest BCUT2D eigenvalue weighted by Crippen LogP contribution is -2.36. The third-order valence-electron chi connectivity index (χ3n) is 5.07. The molecule has 3 aromatic carbocycles. The lowest BCUT2D eigenvalue weighted by Gasteiger charge is -2.22. The van der Waals surface area contributed by atoms with Gasteiger partial charge in [-0.15, -0.1) is 0 Å². The van der Waals surface area contributed by atoms with Crippen molar-refractivity contribution in [3.63, 3.8) is 0 Å². The quantitative estimate of drug-likeness (QED) is 0.514. The number of carbonyl (C=O) groups is 1. The van der Waals surface area contributed by atoms with E-state index in [-0.39, 0.29) is 23.9 Å². The van der Waals surface area contributed by atoms with Crippen LogP contribution in [0.2, 0.25) is 0 Å². The van der Waals surface area contributed by atoms with Gasteiger partial charge in [-0.05, 0) is 22.8 Å². The molecule has 0 fully saturated rings. The summed E-state index contributed by atoms with van der Waals surface area (Å²) in [6.45, 7) is 1.61. The molecule has 0 saturated heterocycles. The van der Waals surface area contributed by atoms with E-state index < -0.39 is 10.0 Å². The van der Waals surface area contributed by atoms with Gasteiger partial charge in [0, 0.05) is 33.7 Å². The van der Waals surface area contributed by atoms with Crippen LogP contribution in [0.5, 0.6) is 0 Å².